The van der Waals surface area contributed by atoms with E-state index in [1.54, 1.807) is 6.07 Å². The lowest BCUT2D eigenvalue weighted by Crippen LogP contribution is -2.42. The minimum absolute atomic E-state index is 0.0304. The Morgan fingerprint density at radius 2 is 2.07 bits per heavy atom. The van der Waals surface area contributed by atoms with Gasteiger partial charge >= 0.3 is 0 Å². The van der Waals surface area contributed by atoms with Crippen LogP contribution in [0.15, 0.2) is 30.7 Å². The lowest BCUT2D eigenvalue weighted by molar-refractivity contribution is 0.0651. The average molecular weight is 384 g/mol. The van der Waals surface area contributed by atoms with E-state index in [2.05, 4.69) is 23.8 Å². The van der Waals surface area contributed by atoms with Crippen LogP contribution in [-0.4, -0.2) is 38.4 Å². The maximum absolute atomic E-state index is 13.0. The Bertz CT molecular complexity index is 1020. The number of nitrogen functional groups attached to an aromatic ring is 1. The van der Waals surface area contributed by atoms with Crippen molar-refractivity contribution in [2.75, 3.05) is 18.8 Å². The zero-order valence-electron chi connectivity index (χ0n) is 15.4. The van der Waals surface area contributed by atoms with Crippen molar-refractivity contribution in [3.63, 3.8) is 0 Å². The molecule has 27 heavy (non-hydrogen) atoms. The number of fused-ring (bicyclic) bond motifs is 1. The molecule has 2 aromatic heterocycles. The Morgan fingerprint density at radius 3 is 2.70 bits per heavy atom. The summed E-state index contributed by atoms with van der Waals surface area (Å²) in [4.78, 5) is 23.1. The summed E-state index contributed by atoms with van der Waals surface area (Å²) in [5.41, 5.74) is 8.37. The molecule has 0 radical (unpaired) electrons. The zero-order valence-corrected chi connectivity index (χ0v) is 16.2. The molecule has 0 aliphatic carbocycles. The summed E-state index contributed by atoms with van der Waals surface area (Å²) in [5, 5.41) is 1.51. The quantitative estimate of drug-likeness (QED) is 0.745. The fraction of sp³-hybridized carbons (Fsp3) is 0.350. The number of nitrogens with zero attached hydrogens (tertiary/aromatic N) is 4. The third-order valence-corrected chi connectivity index (χ3v) is 5.24. The van der Waals surface area contributed by atoms with Crippen molar-refractivity contribution in [3.8, 4) is 5.82 Å². The molecule has 1 aromatic carbocycles. The number of likely N-dealkylation sites (tertiary alicyclic amines) is 1. The van der Waals surface area contributed by atoms with Gasteiger partial charge in [-0.25, -0.2) is 9.97 Å². The van der Waals surface area contributed by atoms with Crippen LogP contribution in [0.4, 0.5) is 5.82 Å². The number of hydrogen-bond acceptors (Lipinski definition) is 4. The van der Waals surface area contributed by atoms with Crippen LogP contribution in [0.2, 0.25) is 5.02 Å². The van der Waals surface area contributed by atoms with Gasteiger partial charge in [-0.1, -0.05) is 25.4 Å². The van der Waals surface area contributed by atoms with Crippen molar-refractivity contribution in [1.29, 1.82) is 0 Å². The minimum Gasteiger partial charge on any atom is -0.384 e. The van der Waals surface area contributed by atoms with Crippen molar-refractivity contribution >= 4 is 34.2 Å². The van der Waals surface area contributed by atoms with Gasteiger partial charge < -0.3 is 15.2 Å². The van der Waals surface area contributed by atoms with E-state index >= 15 is 0 Å². The Kier molecular flexibility index (Phi) is 4.52. The van der Waals surface area contributed by atoms with Crippen molar-refractivity contribution < 1.29 is 4.79 Å². The summed E-state index contributed by atoms with van der Waals surface area (Å²) >= 11 is 6.64. The minimum atomic E-state index is 0.0304. The molecule has 0 bridgehead atoms. The molecule has 140 valence electrons. The molecule has 0 unspecified atom stereocenters. The predicted octanol–water partition coefficient (Wildman–Crippen LogP) is 3.70. The lowest BCUT2D eigenvalue weighted by Gasteiger charge is -2.32. The Hall–Kier alpha value is -2.60. The van der Waals surface area contributed by atoms with Crippen LogP contribution in [0.3, 0.4) is 0 Å². The third-order valence-electron chi connectivity index (χ3n) is 4.95. The number of carbonyl (C=O) groups is 1. The van der Waals surface area contributed by atoms with E-state index in [0.29, 0.717) is 28.1 Å². The van der Waals surface area contributed by atoms with Gasteiger partial charge in [0, 0.05) is 30.7 Å². The van der Waals surface area contributed by atoms with Gasteiger partial charge in [0.2, 0.25) is 0 Å². The fourth-order valence-corrected chi connectivity index (χ4v) is 3.84. The Labute approximate surface area is 163 Å². The van der Waals surface area contributed by atoms with E-state index < -0.39 is 0 Å². The van der Waals surface area contributed by atoms with Gasteiger partial charge in [0.25, 0.3) is 5.91 Å². The third kappa shape index (κ3) is 3.14. The molecule has 1 amide bonds. The number of benzene rings is 1. The molecule has 6 nitrogen and oxygen atoms in total. The van der Waals surface area contributed by atoms with Gasteiger partial charge in [0.15, 0.2) is 0 Å². The standard InChI is InChI=1S/C20H22ClN5O/c1-12(2)8-14-13-4-7-26(18-10-17(22)23-11-24-18)16(13)9-15(21)19(14)20(27)25-5-3-6-25/h4,7,9-12H,3,5-6,8H2,1-2H3,(H2,22,23,24). The van der Waals surface area contributed by atoms with Gasteiger partial charge in [0.05, 0.1) is 16.1 Å². The zero-order chi connectivity index (χ0) is 19.1. The SMILES string of the molecule is CC(C)Cc1c(C(=O)N2CCC2)c(Cl)cc2c1ccn2-c1cc(N)ncn1. The van der Waals surface area contributed by atoms with Gasteiger partial charge in [-0.15, -0.1) is 0 Å². The first-order valence-electron chi connectivity index (χ1n) is 9.15. The Morgan fingerprint density at radius 1 is 1.30 bits per heavy atom. The summed E-state index contributed by atoms with van der Waals surface area (Å²) in [6, 6.07) is 5.59. The van der Waals surface area contributed by atoms with Gasteiger partial charge in [-0.2, -0.15) is 0 Å². The molecule has 4 rings (SSSR count). The molecule has 0 atom stereocenters. The van der Waals surface area contributed by atoms with Gasteiger partial charge in [-0.3, -0.25) is 4.79 Å². The molecule has 1 saturated heterocycles. The topological polar surface area (TPSA) is 77.0 Å². The van der Waals surface area contributed by atoms with Crippen LogP contribution in [0.5, 0.6) is 0 Å². The Balaban J connectivity index is 1.92. The van der Waals surface area contributed by atoms with E-state index in [0.717, 1.165) is 42.4 Å². The number of amides is 1. The summed E-state index contributed by atoms with van der Waals surface area (Å²) in [5.74, 6) is 1.50. The first-order valence-corrected chi connectivity index (χ1v) is 9.53. The van der Waals surface area contributed by atoms with Crippen molar-refractivity contribution in [1.82, 2.24) is 19.4 Å². The van der Waals surface area contributed by atoms with Gasteiger partial charge in [0.1, 0.15) is 18.0 Å². The van der Waals surface area contributed by atoms with E-state index in [4.69, 9.17) is 17.3 Å². The van der Waals surface area contributed by atoms with E-state index in [-0.39, 0.29) is 5.91 Å². The van der Waals surface area contributed by atoms with E-state index in [1.165, 1.54) is 6.33 Å². The monoisotopic (exact) mass is 383 g/mol. The number of nitrogens with two attached hydrogens (primary N) is 1. The van der Waals surface area contributed by atoms with E-state index in [9.17, 15) is 4.79 Å². The average Bonchev–Trinajstić information content (AvgIpc) is 2.96. The highest BCUT2D eigenvalue weighted by atomic mass is 35.5. The van der Waals surface area contributed by atoms with E-state index in [1.807, 2.05) is 27.8 Å². The van der Waals surface area contributed by atoms with Crippen molar-refractivity contribution in [2.45, 2.75) is 26.7 Å². The normalized spacial score (nSPS) is 14.0. The smallest absolute Gasteiger partial charge is 0.255 e. The molecular formula is C20H22ClN5O. The second kappa shape index (κ2) is 6.85. The van der Waals surface area contributed by atoms with Crippen LogP contribution in [-0.2, 0) is 6.42 Å². The highest BCUT2D eigenvalue weighted by molar-refractivity contribution is 6.35. The fourth-order valence-electron chi connectivity index (χ4n) is 3.54. The van der Waals surface area contributed by atoms with Crippen molar-refractivity contribution in [3.05, 3.63) is 46.9 Å². The molecule has 1 fully saturated rings. The summed E-state index contributed by atoms with van der Waals surface area (Å²) in [6.45, 7) is 5.89. The molecule has 2 N–H and O–H groups in total. The number of hydrogen-bond donors (Lipinski definition) is 1. The molecular weight excluding hydrogens is 362 g/mol. The second-order valence-corrected chi connectivity index (χ2v) is 7.78. The number of anilines is 1. The highest BCUT2D eigenvalue weighted by Crippen LogP contribution is 2.34. The van der Waals surface area contributed by atoms with Crippen LogP contribution in [0.1, 0.15) is 36.2 Å². The van der Waals surface area contributed by atoms with Crippen LogP contribution in [0.25, 0.3) is 16.7 Å². The highest BCUT2D eigenvalue weighted by Gasteiger charge is 2.28. The maximum atomic E-state index is 13.0. The molecule has 1 aliphatic rings. The maximum Gasteiger partial charge on any atom is 0.255 e. The predicted molar refractivity (Wildman–Crippen MR) is 107 cm³/mol. The second-order valence-electron chi connectivity index (χ2n) is 7.38. The summed E-state index contributed by atoms with van der Waals surface area (Å²) in [7, 11) is 0. The first-order chi connectivity index (χ1) is 13.0. The number of aromatic nitrogens is 3. The number of rotatable bonds is 4. The molecule has 0 spiro atoms. The first kappa shape index (κ1) is 17.8. The molecule has 3 aromatic rings. The van der Waals surface area contributed by atoms with Crippen LogP contribution < -0.4 is 5.73 Å². The molecule has 1 aliphatic heterocycles. The summed E-state index contributed by atoms with van der Waals surface area (Å²) < 4.78 is 1.93. The van der Waals surface area contributed by atoms with Crippen LogP contribution in [0, 0.1) is 5.92 Å². The van der Waals surface area contributed by atoms with Gasteiger partial charge in [-0.05, 0) is 36.5 Å². The molecule has 0 saturated carbocycles. The lowest BCUT2D eigenvalue weighted by atomic mass is 9.93. The summed E-state index contributed by atoms with van der Waals surface area (Å²) in [6.07, 6.45) is 5.21. The number of carbonyl (C=O) groups excluding carboxylic acids is 1. The van der Waals surface area contributed by atoms with Crippen molar-refractivity contribution in [2.24, 2.45) is 5.92 Å². The molecule has 7 heteroatoms. The molecule has 3 heterocycles. The van der Waals surface area contributed by atoms with Crippen LogP contribution >= 0.6 is 11.6 Å². The number of halogens is 1. The largest absolute Gasteiger partial charge is 0.384 e.